The first-order valence-electron chi connectivity index (χ1n) is 10.8. The van der Waals surface area contributed by atoms with E-state index in [1.54, 1.807) is 18.2 Å². The van der Waals surface area contributed by atoms with Gasteiger partial charge in [-0.05, 0) is 67.4 Å². The van der Waals surface area contributed by atoms with Gasteiger partial charge in [0.2, 0.25) is 5.91 Å². The molecule has 0 radical (unpaired) electrons. The topological polar surface area (TPSA) is 86.9 Å². The fourth-order valence-electron chi connectivity index (χ4n) is 4.02. The number of hydrogen-bond donors (Lipinski definition) is 3. The highest BCUT2D eigenvalue weighted by Crippen LogP contribution is 2.27. The molecular weight excluding hydrogens is 400 g/mol. The van der Waals surface area contributed by atoms with Crippen molar-refractivity contribution in [1.29, 1.82) is 0 Å². The van der Waals surface area contributed by atoms with Crippen molar-refractivity contribution in [3.8, 4) is 11.4 Å². The van der Waals surface area contributed by atoms with Gasteiger partial charge in [-0.25, -0.2) is 4.98 Å². The minimum Gasteiger partial charge on any atom is -0.331 e. The lowest BCUT2D eigenvalue weighted by molar-refractivity contribution is -0.119. The summed E-state index contributed by atoms with van der Waals surface area (Å²) in [6, 6.07) is 24.4. The number of H-pyrrole nitrogens is 1. The number of carbonyl (C=O) groups is 2. The first-order chi connectivity index (χ1) is 15.7. The number of fused-ring (bicyclic) bond motifs is 1. The lowest BCUT2D eigenvalue weighted by Crippen LogP contribution is -2.20. The maximum atomic E-state index is 12.4. The second-order valence-corrected chi connectivity index (χ2v) is 8.02. The van der Waals surface area contributed by atoms with Crippen molar-refractivity contribution < 1.29 is 9.59 Å². The maximum absolute atomic E-state index is 12.4. The molecule has 0 unspecified atom stereocenters. The lowest BCUT2D eigenvalue weighted by Gasteiger charge is -2.10. The molecule has 0 atom stereocenters. The first kappa shape index (κ1) is 19.8. The van der Waals surface area contributed by atoms with Crippen LogP contribution < -0.4 is 10.6 Å². The van der Waals surface area contributed by atoms with Gasteiger partial charge < -0.3 is 15.6 Å². The van der Waals surface area contributed by atoms with Crippen LogP contribution in [-0.4, -0.2) is 21.8 Å². The molecule has 158 valence electrons. The minimum absolute atomic E-state index is 0.106. The zero-order chi connectivity index (χ0) is 21.9. The van der Waals surface area contributed by atoms with Crippen molar-refractivity contribution >= 4 is 34.2 Å². The molecule has 6 nitrogen and oxygen atoms in total. The smallest absolute Gasteiger partial charge is 0.256 e. The van der Waals surface area contributed by atoms with Gasteiger partial charge in [-0.3, -0.25) is 9.59 Å². The molecule has 6 heteroatoms. The van der Waals surface area contributed by atoms with E-state index in [9.17, 15) is 9.59 Å². The third-order valence-electron chi connectivity index (χ3n) is 5.77. The van der Waals surface area contributed by atoms with E-state index in [1.165, 1.54) is 0 Å². The third kappa shape index (κ3) is 4.19. The van der Waals surface area contributed by atoms with E-state index in [0.717, 1.165) is 36.9 Å². The molecule has 1 saturated carbocycles. The van der Waals surface area contributed by atoms with E-state index in [1.807, 2.05) is 42.5 Å². The zero-order valence-corrected chi connectivity index (χ0v) is 17.4. The highest BCUT2D eigenvalue weighted by Gasteiger charge is 2.22. The van der Waals surface area contributed by atoms with Gasteiger partial charge in [-0.1, -0.05) is 31.0 Å². The standard InChI is InChI=1S/C26H22N4O2/c31-25(19-8-4-5-9-19)27-20-12-10-17(11-13-20)24-29-22-15-14-21(16-23(22)30-24)28-26(32)18-6-2-1-3-7-18/h1-3,6-7,10-13,16,19H,4-5,8-9H2,(H,27,31)(H,28,32)(H,29,30). The van der Waals surface area contributed by atoms with Gasteiger partial charge in [-0.2, -0.15) is 0 Å². The van der Waals surface area contributed by atoms with Crippen molar-refractivity contribution in [2.24, 2.45) is 5.92 Å². The summed E-state index contributed by atoms with van der Waals surface area (Å²) in [6.07, 6.45) is 4.22. The Hall–Kier alpha value is -4.11. The second kappa shape index (κ2) is 8.56. The van der Waals surface area contributed by atoms with E-state index in [0.29, 0.717) is 28.1 Å². The van der Waals surface area contributed by atoms with Gasteiger partial charge in [0, 0.05) is 22.7 Å². The van der Waals surface area contributed by atoms with Crippen LogP contribution in [-0.2, 0) is 4.79 Å². The van der Waals surface area contributed by atoms with Gasteiger partial charge in [-0.15, -0.1) is 0 Å². The fraction of sp³-hybridized carbons (Fsp3) is 0.192. The van der Waals surface area contributed by atoms with Gasteiger partial charge in [0.25, 0.3) is 5.91 Å². The predicted octanol–water partition coefficient (Wildman–Crippen LogP) is 5.21. The van der Waals surface area contributed by atoms with E-state index < -0.39 is 0 Å². The molecule has 3 aromatic carbocycles. The van der Waals surface area contributed by atoms with Crippen LogP contribution in [0.1, 0.15) is 36.0 Å². The van der Waals surface area contributed by atoms with Gasteiger partial charge in [0.15, 0.2) is 0 Å². The average molecular weight is 422 g/mol. The number of amides is 2. The van der Waals surface area contributed by atoms with Crippen molar-refractivity contribution in [3.05, 3.63) is 78.4 Å². The summed E-state index contributed by atoms with van der Waals surface area (Å²) in [7, 11) is 0. The van der Waals surface area contributed by atoms with E-state index >= 15 is 0 Å². The summed E-state index contributed by atoms with van der Waals surface area (Å²) >= 11 is 0. The van der Waals surface area contributed by atoms with Crippen LogP contribution in [0.25, 0.3) is 22.4 Å². The molecule has 32 heavy (non-hydrogen) atoms. The SMILES string of the molecule is O=C(Nc1c#cc2[nH]c(-c3ccc(NC(=O)C4CCCC4)cc3)nc2c1)c1ccccc1. The number of nitrogens with zero attached hydrogens (tertiary/aromatic N) is 1. The minimum atomic E-state index is -0.208. The zero-order valence-electron chi connectivity index (χ0n) is 17.4. The number of benzene rings is 2. The molecule has 0 saturated heterocycles. The monoisotopic (exact) mass is 422 g/mol. The molecule has 1 heterocycles. The maximum Gasteiger partial charge on any atom is 0.256 e. The molecule has 0 spiro atoms. The summed E-state index contributed by atoms with van der Waals surface area (Å²) in [5.74, 6) is 0.716. The second-order valence-electron chi connectivity index (χ2n) is 8.02. The predicted molar refractivity (Wildman–Crippen MR) is 124 cm³/mol. The first-order valence-corrected chi connectivity index (χ1v) is 10.8. The summed E-state index contributed by atoms with van der Waals surface area (Å²) in [4.78, 5) is 32.5. The molecule has 0 aliphatic heterocycles. The van der Waals surface area contributed by atoms with Crippen LogP contribution in [0, 0.1) is 18.1 Å². The Balaban J connectivity index is 1.30. The van der Waals surface area contributed by atoms with Crippen LogP contribution in [0.5, 0.6) is 0 Å². The van der Waals surface area contributed by atoms with Gasteiger partial charge >= 0.3 is 0 Å². The highest BCUT2D eigenvalue weighted by molar-refractivity contribution is 6.04. The normalized spacial score (nSPS) is 13.6. The van der Waals surface area contributed by atoms with Gasteiger partial charge in [0.1, 0.15) is 16.9 Å². The summed E-state index contributed by atoms with van der Waals surface area (Å²) in [6.45, 7) is 0. The number of carbonyl (C=O) groups excluding carboxylic acids is 2. The summed E-state index contributed by atoms with van der Waals surface area (Å²) in [5, 5.41) is 5.84. The Kier molecular flexibility index (Phi) is 5.30. The Bertz CT molecular complexity index is 1260. The third-order valence-corrected chi connectivity index (χ3v) is 5.77. The molecule has 5 rings (SSSR count). The molecule has 1 aliphatic rings. The lowest BCUT2D eigenvalue weighted by atomic mass is 10.1. The molecule has 1 fully saturated rings. The molecule has 2 amide bonds. The molecule has 1 aliphatic carbocycles. The fourth-order valence-corrected chi connectivity index (χ4v) is 4.02. The van der Waals surface area contributed by atoms with Crippen LogP contribution in [0.2, 0.25) is 0 Å². The van der Waals surface area contributed by atoms with Crippen LogP contribution in [0.4, 0.5) is 11.4 Å². The molecule has 1 aromatic heterocycles. The Labute approximate surface area is 186 Å². The Morgan fingerprint density at radius 2 is 1.69 bits per heavy atom. The van der Waals surface area contributed by atoms with Crippen molar-refractivity contribution in [1.82, 2.24) is 9.97 Å². The van der Waals surface area contributed by atoms with Crippen molar-refractivity contribution in [2.45, 2.75) is 25.7 Å². The van der Waals surface area contributed by atoms with E-state index in [2.05, 4.69) is 32.7 Å². The summed E-state index contributed by atoms with van der Waals surface area (Å²) < 4.78 is 0. The molecular formula is C26H22N4O2. The number of imidazole rings is 1. The van der Waals surface area contributed by atoms with E-state index in [-0.39, 0.29) is 17.7 Å². The van der Waals surface area contributed by atoms with Crippen LogP contribution in [0.15, 0.2) is 60.7 Å². The number of aromatic nitrogens is 2. The number of rotatable bonds is 5. The number of hydrogen-bond acceptors (Lipinski definition) is 3. The van der Waals surface area contributed by atoms with Crippen molar-refractivity contribution in [2.75, 3.05) is 10.6 Å². The quantitative estimate of drug-likeness (QED) is 0.413. The molecule has 3 N–H and O–H groups in total. The highest BCUT2D eigenvalue weighted by atomic mass is 16.2. The average Bonchev–Trinajstić information content (AvgIpc) is 3.50. The number of anilines is 2. The Morgan fingerprint density at radius 1 is 0.938 bits per heavy atom. The molecule has 0 bridgehead atoms. The van der Waals surface area contributed by atoms with Crippen LogP contribution >= 0.6 is 0 Å². The van der Waals surface area contributed by atoms with Crippen molar-refractivity contribution in [3.63, 3.8) is 0 Å². The largest absolute Gasteiger partial charge is 0.331 e. The number of aromatic amines is 1. The van der Waals surface area contributed by atoms with Gasteiger partial charge in [0.05, 0.1) is 5.69 Å². The number of nitrogens with one attached hydrogen (secondary N) is 3. The Morgan fingerprint density at radius 3 is 2.44 bits per heavy atom. The van der Waals surface area contributed by atoms with Crippen LogP contribution in [0.3, 0.4) is 0 Å². The van der Waals surface area contributed by atoms with E-state index in [4.69, 9.17) is 0 Å². The summed E-state index contributed by atoms with van der Waals surface area (Å²) in [5.41, 5.74) is 4.14. The molecule has 4 aromatic rings.